The van der Waals surface area contributed by atoms with Gasteiger partial charge in [0.1, 0.15) is 5.75 Å². The average Bonchev–Trinajstić information content (AvgIpc) is 3.46. The van der Waals surface area contributed by atoms with E-state index in [0.717, 1.165) is 46.8 Å². The van der Waals surface area contributed by atoms with E-state index >= 15 is 0 Å². The van der Waals surface area contributed by atoms with E-state index in [9.17, 15) is 4.79 Å². The van der Waals surface area contributed by atoms with Gasteiger partial charge in [0, 0.05) is 31.5 Å². The van der Waals surface area contributed by atoms with E-state index in [2.05, 4.69) is 71.5 Å². The van der Waals surface area contributed by atoms with E-state index in [0.29, 0.717) is 13.0 Å². The first-order valence-corrected chi connectivity index (χ1v) is 13.6. The van der Waals surface area contributed by atoms with Crippen LogP contribution in [0, 0.1) is 6.92 Å². The molecule has 0 aliphatic carbocycles. The van der Waals surface area contributed by atoms with E-state index in [1.54, 1.807) is 11.8 Å². The lowest BCUT2D eigenvalue weighted by Crippen LogP contribution is -2.53. The molecule has 1 unspecified atom stereocenters. The molecule has 0 N–H and O–H groups in total. The number of rotatable bonds is 6. The number of piperidine rings is 1. The smallest absolute Gasteiger partial charge is 0.238 e. The molecule has 1 spiro atoms. The van der Waals surface area contributed by atoms with Crippen molar-refractivity contribution < 1.29 is 9.53 Å². The van der Waals surface area contributed by atoms with Crippen LogP contribution < -0.4 is 9.64 Å². The summed E-state index contributed by atoms with van der Waals surface area (Å²) in [5.74, 6) is 0.990. The first-order chi connectivity index (χ1) is 18.9. The second kappa shape index (κ2) is 9.97. The van der Waals surface area contributed by atoms with Gasteiger partial charge in [-0.05, 0) is 67.1 Å². The summed E-state index contributed by atoms with van der Waals surface area (Å²) in [7, 11) is 3.57. The predicted octanol–water partition coefficient (Wildman–Crippen LogP) is 5.34. The highest BCUT2D eigenvalue weighted by Crippen LogP contribution is 2.54. The molecular formula is C32H35N5O2. The number of fused-ring (bicyclic) bond motifs is 2. The second-order valence-electron chi connectivity index (χ2n) is 11.1. The maximum absolute atomic E-state index is 14.6. The quantitative estimate of drug-likeness (QED) is 0.343. The minimum absolute atomic E-state index is 0.0401. The predicted molar refractivity (Wildman–Crippen MR) is 151 cm³/mol. The fraction of sp³-hybridized carbons (Fsp3) is 0.344. The van der Waals surface area contributed by atoms with Crippen molar-refractivity contribution in [2.45, 2.75) is 57.3 Å². The monoisotopic (exact) mass is 521 g/mol. The first kappa shape index (κ1) is 25.3. The number of aromatic nitrogens is 3. The fourth-order valence-corrected chi connectivity index (χ4v) is 6.53. The highest BCUT2D eigenvalue weighted by molar-refractivity contribution is 6.08. The van der Waals surface area contributed by atoms with Crippen LogP contribution in [0.2, 0.25) is 0 Å². The Labute approximate surface area is 230 Å². The van der Waals surface area contributed by atoms with Crippen molar-refractivity contribution in [3.05, 3.63) is 107 Å². The van der Waals surface area contributed by atoms with Crippen molar-refractivity contribution in [2.24, 2.45) is 7.05 Å². The van der Waals surface area contributed by atoms with Crippen LogP contribution in [0.1, 0.15) is 53.8 Å². The number of nitrogens with zero attached hydrogens (tertiary/aromatic N) is 5. The van der Waals surface area contributed by atoms with Crippen molar-refractivity contribution >= 4 is 11.6 Å². The van der Waals surface area contributed by atoms with Gasteiger partial charge in [0.25, 0.3) is 0 Å². The van der Waals surface area contributed by atoms with Crippen molar-refractivity contribution in [1.82, 2.24) is 19.9 Å². The average molecular weight is 522 g/mol. The van der Waals surface area contributed by atoms with Crippen LogP contribution in [-0.2, 0) is 30.3 Å². The Morgan fingerprint density at radius 2 is 1.72 bits per heavy atom. The van der Waals surface area contributed by atoms with E-state index in [1.165, 1.54) is 5.56 Å². The summed E-state index contributed by atoms with van der Waals surface area (Å²) in [6, 6.07) is 25.2. The summed E-state index contributed by atoms with van der Waals surface area (Å²) in [5.41, 5.74) is 5.93. The van der Waals surface area contributed by atoms with Gasteiger partial charge in [0.05, 0.1) is 30.8 Å². The molecule has 2 aliphatic heterocycles. The summed E-state index contributed by atoms with van der Waals surface area (Å²) in [4.78, 5) is 19.1. The molecule has 4 aromatic rings. The molecule has 7 nitrogen and oxygen atoms in total. The number of likely N-dealkylation sites (tertiary alicyclic amines) is 1. The minimum atomic E-state index is -0.621. The summed E-state index contributed by atoms with van der Waals surface area (Å²) in [6.07, 6.45) is 3.42. The molecule has 0 saturated carbocycles. The third-order valence-corrected chi connectivity index (χ3v) is 8.44. The Balaban J connectivity index is 1.40. The van der Waals surface area contributed by atoms with Gasteiger partial charge in [0.2, 0.25) is 5.91 Å². The Morgan fingerprint density at radius 3 is 2.41 bits per heavy atom. The highest BCUT2D eigenvalue weighted by atomic mass is 16.5. The van der Waals surface area contributed by atoms with Crippen LogP contribution in [0.5, 0.6) is 5.75 Å². The molecular weight excluding hydrogens is 486 g/mol. The van der Waals surface area contributed by atoms with Crippen LogP contribution in [0.15, 0.2) is 79.0 Å². The number of carbonyl (C=O) groups excluding carboxylic acids is 1. The molecule has 1 amide bonds. The molecule has 3 atom stereocenters. The summed E-state index contributed by atoms with van der Waals surface area (Å²) < 4.78 is 7.10. The number of anilines is 1. The third kappa shape index (κ3) is 4.51. The minimum Gasteiger partial charge on any atom is -0.497 e. The van der Waals surface area contributed by atoms with E-state index in [-0.39, 0.29) is 18.0 Å². The van der Waals surface area contributed by atoms with Gasteiger partial charge in [-0.1, -0.05) is 59.8 Å². The molecule has 1 fully saturated rings. The number of ether oxygens (including phenoxy) is 1. The molecule has 1 saturated heterocycles. The lowest BCUT2D eigenvalue weighted by molar-refractivity contribution is -0.127. The van der Waals surface area contributed by atoms with Gasteiger partial charge in [-0.3, -0.25) is 14.4 Å². The van der Waals surface area contributed by atoms with Crippen molar-refractivity contribution in [2.75, 3.05) is 12.0 Å². The van der Waals surface area contributed by atoms with Crippen LogP contribution in [-0.4, -0.2) is 39.0 Å². The standard InChI is InChI=1S/C32H35N5O2/c1-22-10-15-27-29(16-22)37(20-25-11-13-26(39-4)14-12-25)31(38)32(27)17-23(2)36(19-24-8-6-5-7-9-24)30(18-32)28-21-35(3)34-33-28/h5-16,21,23,30H,17-20H2,1-4H3/t23-,30-,32?/m0/s1. The molecule has 3 heterocycles. The number of methoxy groups -OCH3 is 1. The van der Waals surface area contributed by atoms with Crippen molar-refractivity contribution in [3.63, 3.8) is 0 Å². The Bertz CT molecular complexity index is 1480. The van der Waals surface area contributed by atoms with Gasteiger partial charge in [-0.15, -0.1) is 5.10 Å². The Kier molecular flexibility index (Phi) is 6.47. The maximum Gasteiger partial charge on any atom is 0.238 e. The Hall–Kier alpha value is -3.97. The zero-order chi connectivity index (χ0) is 27.1. The molecule has 2 aliphatic rings. The lowest BCUT2D eigenvalue weighted by atomic mass is 9.68. The van der Waals surface area contributed by atoms with Gasteiger partial charge < -0.3 is 9.64 Å². The highest BCUT2D eigenvalue weighted by Gasteiger charge is 2.56. The molecule has 6 rings (SSSR count). The zero-order valence-corrected chi connectivity index (χ0v) is 23.0. The topological polar surface area (TPSA) is 63.5 Å². The summed E-state index contributed by atoms with van der Waals surface area (Å²) in [6.45, 7) is 5.66. The van der Waals surface area contributed by atoms with E-state index in [4.69, 9.17) is 4.74 Å². The molecule has 0 radical (unpaired) electrons. The summed E-state index contributed by atoms with van der Waals surface area (Å²) >= 11 is 0. The van der Waals surface area contributed by atoms with Crippen LogP contribution in [0.3, 0.4) is 0 Å². The molecule has 39 heavy (non-hydrogen) atoms. The number of aryl methyl sites for hydroxylation is 2. The number of hydrogen-bond acceptors (Lipinski definition) is 5. The number of carbonyl (C=O) groups is 1. The van der Waals surface area contributed by atoms with E-state index < -0.39 is 5.41 Å². The van der Waals surface area contributed by atoms with Crippen LogP contribution in [0.25, 0.3) is 0 Å². The largest absolute Gasteiger partial charge is 0.497 e. The van der Waals surface area contributed by atoms with Gasteiger partial charge in [0.15, 0.2) is 0 Å². The SMILES string of the molecule is COc1ccc(CN2C(=O)C3(C[C@H](C)N(Cc4ccccc4)[C@H](c4cn(C)nn4)C3)c3ccc(C)cc32)cc1. The van der Waals surface area contributed by atoms with Gasteiger partial charge >= 0.3 is 0 Å². The van der Waals surface area contributed by atoms with E-state index in [1.807, 2.05) is 48.5 Å². The number of hydrogen-bond donors (Lipinski definition) is 0. The van der Waals surface area contributed by atoms with Gasteiger partial charge in [-0.25, -0.2) is 0 Å². The van der Waals surface area contributed by atoms with Crippen LogP contribution >= 0.6 is 0 Å². The molecule has 1 aromatic heterocycles. The number of amides is 1. The maximum atomic E-state index is 14.6. The molecule has 3 aromatic carbocycles. The zero-order valence-electron chi connectivity index (χ0n) is 23.0. The van der Waals surface area contributed by atoms with Crippen LogP contribution in [0.4, 0.5) is 5.69 Å². The fourth-order valence-electron chi connectivity index (χ4n) is 6.53. The van der Waals surface area contributed by atoms with Crippen molar-refractivity contribution in [3.8, 4) is 5.75 Å². The first-order valence-electron chi connectivity index (χ1n) is 13.6. The normalized spacial score (nSPS) is 22.9. The molecule has 7 heteroatoms. The third-order valence-electron chi connectivity index (χ3n) is 8.44. The second-order valence-corrected chi connectivity index (χ2v) is 11.1. The molecule has 0 bridgehead atoms. The summed E-state index contributed by atoms with van der Waals surface area (Å²) in [5, 5.41) is 8.82. The molecule has 200 valence electrons. The van der Waals surface area contributed by atoms with Gasteiger partial charge in [-0.2, -0.15) is 0 Å². The number of benzene rings is 3. The Morgan fingerprint density at radius 1 is 0.974 bits per heavy atom. The lowest BCUT2D eigenvalue weighted by Gasteiger charge is -2.47. The van der Waals surface area contributed by atoms with Crippen molar-refractivity contribution in [1.29, 1.82) is 0 Å².